The number of aromatic nitrogens is 1. The van der Waals surface area contributed by atoms with Crippen molar-refractivity contribution in [2.45, 2.75) is 19.5 Å². The van der Waals surface area contributed by atoms with Gasteiger partial charge >= 0.3 is 0 Å². The fourth-order valence-electron chi connectivity index (χ4n) is 2.04. The van der Waals surface area contributed by atoms with Crippen LogP contribution in [0, 0.1) is 10.1 Å². The largest absolute Gasteiger partial charge is 0.348 e. The molecular formula is C15H12Cl2N4O2S. The van der Waals surface area contributed by atoms with Crippen molar-refractivity contribution in [2.75, 3.05) is 5.32 Å². The lowest BCUT2D eigenvalue weighted by atomic mass is 10.1. The summed E-state index contributed by atoms with van der Waals surface area (Å²) < 4.78 is 0. The minimum Gasteiger partial charge on any atom is -0.348 e. The van der Waals surface area contributed by atoms with Gasteiger partial charge in [0.15, 0.2) is 0 Å². The van der Waals surface area contributed by atoms with Gasteiger partial charge in [0.25, 0.3) is 5.69 Å². The molecule has 0 aliphatic heterocycles. The molecule has 0 fully saturated rings. The number of halogens is 2. The Morgan fingerprint density at radius 2 is 2.17 bits per heavy atom. The maximum absolute atomic E-state index is 11.0. The number of pyridine rings is 1. The van der Waals surface area contributed by atoms with Gasteiger partial charge in [-0.25, -0.2) is 9.98 Å². The summed E-state index contributed by atoms with van der Waals surface area (Å²) in [6.07, 6.45) is 1.22. The maximum atomic E-state index is 11.0. The summed E-state index contributed by atoms with van der Waals surface area (Å²) in [7, 11) is 0. The number of thiocarbonyl (C=S) groups is 1. The van der Waals surface area contributed by atoms with Gasteiger partial charge in [-0.1, -0.05) is 29.3 Å². The smallest absolute Gasteiger partial charge is 0.288 e. The monoisotopic (exact) mass is 382 g/mol. The second-order valence-corrected chi connectivity index (χ2v) is 5.92. The standard InChI is InChI=1S/C15H12Cl2N4O2S/c1-9(19-8-24)20-15-11(6-12(7-18-15)21(22)23)4-10-2-3-13(16)14(17)5-10/h2-3,5-7,9H,4H2,1H3,(H,18,20). The molecule has 0 radical (unpaired) electrons. The van der Waals surface area contributed by atoms with Gasteiger partial charge in [-0.05, 0) is 36.8 Å². The second-order valence-electron chi connectivity index (χ2n) is 4.92. The Morgan fingerprint density at radius 3 is 2.79 bits per heavy atom. The molecule has 1 aromatic carbocycles. The van der Waals surface area contributed by atoms with E-state index in [1.54, 1.807) is 25.1 Å². The highest BCUT2D eigenvalue weighted by atomic mass is 35.5. The summed E-state index contributed by atoms with van der Waals surface area (Å²) in [4.78, 5) is 18.5. The molecule has 0 aliphatic rings. The Morgan fingerprint density at radius 1 is 1.42 bits per heavy atom. The van der Waals surface area contributed by atoms with Crippen LogP contribution in [0.4, 0.5) is 11.5 Å². The van der Waals surface area contributed by atoms with Gasteiger partial charge in [-0.15, -0.1) is 0 Å². The molecule has 1 atom stereocenters. The van der Waals surface area contributed by atoms with Crippen LogP contribution in [-0.4, -0.2) is 21.2 Å². The third-order valence-corrected chi connectivity index (χ3v) is 3.98. The van der Waals surface area contributed by atoms with E-state index in [0.29, 0.717) is 27.8 Å². The van der Waals surface area contributed by atoms with Gasteiger partial charge in [-0.3, -0.25) is 10.1 Å². The molecule has 0 amide bonds. The summed E-state index contributed by atoms with van der Waals surface area (Å²) >= 11 is 16.5. The molecule has 124 valence electrons. The van der Waals surface area contributed by atoms with Crippen molar-refractivity contribution in [3.05, 3.63) is 61.7 Å². The number of nitrogens with one attached hydrogen (secondary N) is 1. The topological polar surface area (TPSA) is 80.4 Å². The fraction of sp³-hybridized carbons (Fsp3) is 0.200. The average molecular weight is 383 g/mol. The van der Waals surface area contributed by atoms with E-state index >= 15 is 0 Å². The van der Waals surface area contributed by atoms with E-state index in [0.717, 1.165) is 5.56 Å². The first kappa shape index (κ1) is 18.3. The zero-order chi connectivity index (χ0) is 17.7. The SMILES string of the molecule is CC(N=C=S)Nc1ncc([N+](=O)[O-])cc1Cc1ccc(Cl)c(Cl)c1. The van der Waals surface area contributed by atoms with Crippen LogP contribution in [0.25, 0.3) is 0 Å². The van der Waals surface area contributed by atoms with Crippen LogP contribution in [0.15, 0.2) is 35.5 Å². The van der Waals surface area contributed by atoms with Crippen LogP contribution in [0.5, 0.6) is 0 Å². The molecule has 0 aliphatic carbocycles. The van der Waals surface area contributed by atoms with Crippen molar-refractivity contribution < 1.29 is 4.92 Å². The number of hydrogen-bond acceptors (Lipinski definition) is 6. The van der Waals surface area contributed by atoms with E-state index in [1.807, 2.05) is 0 Å². The third-order valence-electron chi connectivity index (χ3n) is 3.13. The molecule has 2 rings (SSSR count). The van der Waals surface area contributed by atoms with E-state index in [1.165, 1.54) is 12.3 Å². The molecule has 0 spiro atoms. The van der Waals surface area contributed by atoms with Gasteiger partial charge in [-0.2, -0.15) is 0 Å². The van der Waals surface area contributed by atoms with Crippen LogP contribution in [0.1, 0.15) is 18.1 Å². The summed E-state index contributed by atoms with van der Waals surface area (Å²) in [6.45, 7) is 1.77. The van der Waals surface area contributed by atoms with Crippen molar-refractivity contribution in [2.24, 2.45) is 4.99 Å². The highest BCUT2D eigenvalue weighted by Crippen LogP contribution is 2.27. The highest BCUT2D eigenvalue weighted by molar-refractivity contribution is 7.78. The molecule has 0 saturated heterocycles. The number of nitro groups is 1. The third kappa shape index (κ3) is 4.72. The van der Waals surface area contributed by atoms with Gasteiger partial charge in [0, 0.05) is 18.1 Å². The molecule has 1 aromatic heterocycles. The number of anilines is 1. The second kappa shape index (κ2) is 8.17. The molecule has 1 heterocycles. The number of benzene rings is 1. The van der Waals surface area contributed by atoms with Crippen molar-refractivity contribution >= 4 is 52.1 Å². The van der Waals surface area contributed by atoms with E-state index < -0.39 is 4.92 Å². The molecule has 1 N–H and O–H groups in total. The van der Waals surface area contributed by atoms with Crippen molar-refractivity contribution in [3.8, 4) is 0 Å². The Labute approximate surface area is 153 Å². The molecule has 6 nitrogen and oxygen atoms in total. The number of isothiocyanates is 1. The van der Waals surface area contributed by atoms with Gasteiger partial charge in [0.1, 0.15) is 18.2 Å². The molecule has 1 unspecified atom stereocenters. The van der Waals surface area contributed by atoms with Crippen molar-refractivity contribution in [1.82, 2.24) is 4.98 Å². The lowest BCUT2D eigenvalue weighted by Crippen LogP contribution is -2.15. The Bertz CT molecular complexity index is 825. The number of rotatable bonds is 6. The van der Waals surface area contributed by atoms with Crippen molar-refractivity contribution in [3.63, 3.8) is 0 Å². The zero-order valence-electron chi connectivity index (χ0n) is 12.5. The first-order valence-electron chi connectivity index (χ1n) is 6.81. The van der Waals surface area contributed by atoms with E-state index in [2.05, 4.69) is 32.7 Å². The summed E-state index contributed by atoms with van der Waals surface area (Å²) in [5, 5.41) is 17.2. The van der Waals surface area contributed by atoms with Crippen LogP contribution in [-0.2, 0) is 6.42 Å². The first-order valence-corrected chi connectivity index (χ1v) is 7.98. The fourth-order valence-corrected chi connectivity index (χ4v) is 2.52. The maximum Gasteiger partial charge on any atom is 0.288 e. The molecule has 0 bridgehead atoms. The predicted octanol–water partition coefficient (Wildman–Crippen LogP) is 4.75. The molecule has 0 saturated carbocycles. The lowest BCUT2D eigenvalue weighted by Gasteiger charge is -2.13. The minimum absolute atomic E-state index is 0.0957. The molecular weight excluding hydrogens is 371 g/mol. The number of hydrogen-bond donors (Lipinski definition) is 1. The molecule has 9 heteroatoms. The zero-order valence-corrected chi connectivity index (χ0v) is 14.8. The summed E-state index contributed by atoms with van der Waals surface area (Å²) in [5.41, 5.74) is 1.39. The van der Waals surface area contributed by atoms with E-state index in [9.17, 15) is 10.1 Å². The van der Waals surface area contributed by atoms with Crippen LogP contribution < -0.4 is 5.32 Å². The predicted molar refractivity (Wildman–Crippen MR) is 98.3 cm³/mol. The molecule has 24 heavy (non-hydrogen) atoms. The van der Waals surface area contributed by atoms with Gasteiger partial charge in [0.05, 0.1) is 20.1 Å². The molecule has 2 aromatic rings. The normalized spacial score (nSPS) is 11.5. The average Bonchev–Trinajstić information content (AvgIpc) is 2.52. The Kier molecular flexibility index (Phi) is 6.23. The van der Waals surface area contributed by atoms with Gasteiger partial charge < -0.3 is 5.32 Å². The summed E-state index contributed by atoms with van der Waals surface area (Å²) in [5.74, 6) is 0.480. The van der Waals surface area contributed by atoms with Gasteiger partial charge in [0.2, 0.25) is 0 Å². The van der Waals surface area contributed by atoms with Crippen molar-refractivity contribution in [1.29, 1.82) is 0 Å². The highest BCUT2D eigenvalue weighted by Gasteiger charge is 2.14. The number of nitrogens with zero attached hydrogens (tertiary/aromatic N) is 3. The van der Waals surface area contributed by atoms with Crippen LogP contribution in [0.2, 0.25) is 10.0 Å². The van der Waals surface area contributed by atoms with Crippen LogP contribution >= 0.6 is 35.4 Å². The Hall–Kier alpha value is -2.05. The quantitative estimate of drug-likeness (QED) is 0.337. The number of aliphatic imine (C=N–C) groups is 1. The van der Waals surface area contributed by atoms with E-state index in [-0.39, 0.29) is 11.9 Å². The Balaban J connectivity index is 2.39. The minimum atomic E-state index is -0.492. The first-order chi connectivity index (χ1) is 11.4. The lowest BCUT2D eigenvalue weighted by molar-refractivity contribution is -0.385. The summed E-state index contributed by atoms with van der Waals surface area (Å²) in [6, 6.07) is 6.66. The van der Waals surface area contributed by atoms with Crippen LogP contribution in [0.3, 0.4) is 0 Å². The van der Waals surface area contributed by atoms with E-state index in [4.69, 9.17) is 23.2 Å².